The highest BCUT2D eigenvalue weighted by Gasteiger charge is 2.45. The van der Waals surface area contributed by atoms with Gasteiger partial charge in [0.15, 0.2) is 0 Å². The summed E-state index contributed by atoms with van der Waals surface area (Å²) < 4.78 is 6.01. The average Bonchev–Trinajstić information content (AvgIpc) is 3.01. The molecule has 0 spiro atoms. The summed E-state index contributed by atoms with van der Waals surface area (Å²) in [7, 11) is 0. The second kappa shape index (κ2) is 5.56. The number of hydrogen-bond acceptors (Lipinski definition) is 5. The maximum atomic E-state index is 10.8. The van der Waals surface area contributed by atoms with Crippen molar-refractivity contribution in [3.05, 3.63) is 29.3 Å². The van der Waals surface area contributed by atoms with Crippen molar-refractivity contribution in [3.63, 3.8) is 0 Å². The summed E-state index contributed by atoms with van der Waals surface area (Å²) in [6, 6.07) is 5.71. The van der Waals surface area contributed by atoms with E-state index in [4.69, 9.17) is 9.94 Å². The summed E-state index contributed by atoms with van der Waals surface area (Å²) in [6.45, 7) is 7.61. The molecule has 1 fully saturated rings. The molecular weight excluding hydrogens is 280 g/mol. The highest BCUT2D eigenvalue weighted by atomic mass is 16.5. The number of hydrogen-bond donors (Lipinski definition) is 2. The summed E-state index contributed by atoms with van der Waals surface area (Å²) in [6.07, 6.45) is 1.73. The van der Waals surface area contributed by atoms with Crippen molar-refractivity contribution >= 4 is 5.71 Å². The molecule has 0 radical (unpaired) electrons. The maximum Gasteiger partial charge on any atom is 0.131 e. The van der Waals surface area contributed by atoms with E-state index in [2.05, 4.69) is 10.1 Å². The standard InChI is InChI=1S/C17H24N2O3/c1-11(18-21)12-6-7-14-13(10-12)15(19-8-4-5-9-19)16(20)17(2,3)22-14/h6-7,10,15-16,20-21H,4-5,8-9H2,1-3H3/t15-,16+/m0/s1. The monoisotopic (exact) mass is 304 g/mol. The van der Waals surface area contributed by atoms with Crippen molar-refractivity contribution in [2.45, 2.75) is 51.4 Å². The number of likely N-dealkylation sites (tertiary alicyclic amines) is 1. The van der Waals surface area contributed by atoms with E-state index in [1.165, 1.54) is 0 Å². The summed E-state index contributed by atoms with van der Waals surface area (Å²) in [5, 5.41) is 23.1. The van der Waals surface area contributed by atoms with E-state index in [0.29, 0.717) is 5.71 Å². The highest BCUT2D eigenvalue weighted by molar-refractivity contribution is 5.98. The van der Waals surface area contributed by atoms with Crippen LogP contribution in [0.3, 0.4) is 0 Å². The predicted molar refractivity (Wildman–Crippen MR) is 84.7 cm³/mol. The summed E-state index contributed by atoms with van der Waals surface area (Å²) >= 11 is 0. The Kier molecular flexibility index (Phi) is 3.87. The summed E-state index contributed by atoms with van der Waals surface area (Å²) in [4.78, 5) is 2.34. The molecule has 1 aromatic rings. The lowest BCUT2D eigenvalue weighted by Crippen LogP contribution is -2.53. The molecule has 22 heavy (non-hydrogen) atoms. The van der Waals surface area contributed by atoms with Gasteiger partial charge in [0.25, 0.3) is 0 Å². The van der Waals surface area contributed by atoms with Crippen LogP contribution in [-0.4, -0.2) is 45.7 Å². The first-order valence-electron chi connectivity index (χ1n) is 7.88. The van der Waals surface area contributed by atoms with E-state index in [1.54, 1.807) is 6.92 Å². The molecule has 2 atom stereocenters. The highest BCUT2D eigenvalue weighted by Crippen LogP contribution is 2.44. The largest absolute Gasteiger partial charge is 0.485 e. The van der Waals surface area contributed by atoms with Crippen LogP contribution in [0.4, 0.5) is 0 Å². The Morgan fingerprint density at radius 3 is 2.64 bits per heavy atom. The fourth-order valence-electron chi connectivity index (χ4n) is 3.47. The molecule has 2 heterocycles. The normalized spacial score (nSPS) is 28.3. The number of oxime groups is 1. The molecule has 120 valence electrons. The Bertz CT molecular complexity index is 592. The summed E-state index contributed by atoms with van der Waals surface area (Å²) in [5.41, 5.74) is 1.76. The first kappa shape index (κ1) is 15.3. The fourth-order valence-corrected chi connectivity index (χ4v) is 3.47. The lowest BCUT2D eigenvalue weighted by atomic mass is 9.84. The van der Waals surface area contributed by atoms with E-state index < -0.39 is 11.7 Å². The second-order valence-electron chi connectivity index (χ2n) is 6.78. The Balaban J connectivity index is 2.08. The van der Waals surface area contributed by atoms with Crippen molar-refractivity contribution in [3.8, 4) is 5.75 Å². The predicted octanol–water partition coefficient (Wildman–Crippen LogP) is 2.55. The Hall–Kier alpha value is -1.59. The zero-order valence-corrected chi connectivity index (χ0v) is 13.4. The Morgan fingerprint density at radius 2 is 2.00 bits per heavy atom. The number of nitrogens with zero attached hydrogens (tertiary/aromatic N) is 2. The molecule has 0 aliphatic carbocycles. The van der Waals surface area contributed by atoms with Crippen LogP contribution in [0.5, 0.6) is 5.75 Å². The minimum absolute atomic E-state index is 0.0762. The molecule has 1 aromatic carbocycles. The van der Waals surface area contributed by atoms with Gasteiger partial charge in [-0.05, 0) is 70.5 Å². The van der Waals surface area contributed by atoms with Gasteiger partial charge in [-0.1, -0.05) is 5.16 Å². The van der Waals surface area contributed by atoms with Crippen LogP contribution in [0.1, 0.15) is 50.8 Å². The molecule has 2 N–H and O–H groups in total. The number of fused-ring (bicyclic) bond motifs is 1. The van der Waals surface area contributed by atoms with Crippen LogP contribution in [0.15, 0.2) is 23.4 Å². The van der Waals surface area contributed by atoms with Crippen molar-refractivity contribution in [2.24, 2.45) is 5.16 Å². The minimum Gasteiger partial charge on any atom is -0.485 e. The fraction of sp³-hybridized carbons (Fsp3) is 0.588. The maximum absolute atomic E-state index is 10.8. The van der Waals surface area contributed by atoms with E-state index in [-0.39, 0.29) is 6.04 Å². The third kappa shape index (κ3) is 2.48. The van der Waals surface area contributed by atoms with Gasteiger partial charge in [0.2, 0.25) is 0 Å². The van der Waals surface area contributed by atoms with Crippen molar-refractivity contribution in [2.75, 3.05) is 13.1 Å². The lowest BCUT2D eigenvalue weighted by molar-refractivity contribution is -0.0895. The van der Waals surface area contributed by atoms with E-state index in [0.717, 1.165) is 42.8 Å². The van der Waals surface area contributed by atoms with Crippen LogP contribution in [0, 0.1) is 0 Å². The molecule has 0 saturated carbocycles. The van der Waals surface area contributed by atoms with Crippen molar-refractivity contribution in [1.82, 2.24) is 4.90 Å². The van der Waals surface area contributed by atoms with Crippen LogP contribution in [0.25, 0.3) is 0 Å². The topological polar surface area (TPSA) is 65.3 Å². The number of ether oxygens (including phenoxy) is 1. The minimum atomic E-state index is -0.623. The number of rotatable bonds is 2. The number of aliphatic hydroxyl groups excluding tert-OH is 1. The molecule has 0 aromatic heterocycles. The van der Waals surface area contributed by atoms with Gasteiger partial charge in [0.1, 0.15) is 17.5 Å². The van der Waals surface area contributed by atoms with Gasteiger partial charge < -0.3 is 15.1 Å². The first-order chi connectivity index (χ1) is 10.4. The van der Waals surface area contributed by atoms with Gasteiger partial charge in [-0.15, -0.1) is 0 Å². The lowest BCUT2D eigenvalue weighted by Gasteiger charge is -2.45. The van der Waals surface area contributed by atoms with Crippen LogP contribution >= 0.6 is 0 Å². The van der Waals surface area contributed by atoms with Crippen molar-refractivity contribution in [1.29, 1.82) is 0 Å². The molecular formula is C17H24N2O3. The Labute approximate surface area is 131 Å². The Morgan fingerprint density at radius 1 is 1.32 bits per heavy atom. The molecule has 3 rings (SSSR count). The molecule has 5 heteroatoms. The number of aliphatic hydroxyl groups is 1. The van der Waals surface area contributed by atoms with Gasteiger partial charge in [0, 0.05) is 5.56 Å². The zero-order chi connectivity index (χ0) is 15.9. The van der Waals surface area contributed by atoms with Gasteiger partial charge in [-0.2, -0.15) is 0 Å². The third-order valence-corrected chi connectivity index (χ3v) is 4.81. The van der Waals surface area contributed by atoms with Crippen LogP contribution in [0.2, 0.25) is 0 Å². The zero-order valence-electron chi connectivity index (χ0n) is 13.4. The van der Waals surface area contributed by atoms with Gasteiger partial charge in [0.05, 0.1) is 11.8 Å². The van der Waals surface area contributed by atoms with Gasteiger partial charge in [-0.25, -0.2) is 0 Å². The smallest absolute Gasteiger partial charge is 0.131 e. The number of benzene rings is 1. The SMILES string of the molecule is CC(=NO)c1ccc2c(c1)[C@H](N1CCCC1)[C@@H](O)C(C)(C)O2. The van der Waals surface area contributed by atoms with Gasteiger partial charge >= 0.3 is 0 Å². The van der Waals surface area contributed by atoms with E-state index in [1.807, 2.05) is 32.0 Å². The molecule has 2 aliphatic rings. The molecule has 0 bridgehead atoms. The van der Waals surface area contributed by atoms with Crippen LogP contribution < -0.4 is 4.74 Å². The molecule has 0 amide bonds. The quantitative estimate of drug-likeness (QED) is 0.501. The van der Waals surface area contributed by atoms with E-state index >= 15 is 0 Å². The van der Waals surface area contributed by atoms with Gasteiger partial charge in [-0.3, -0.25) is 4.90 Å². The molecule has 0 unspecified atom stereocenters. The summed E-state index contributed by atoms with van der Waals surface area (Å²) in [5.74, 6) is 0.807. The first-order valence-corrected chi connectivity index (χ1v) is 7.88. The van der Waals surface area contributed by atoms with Crippen molar-refractivity contribution < 1.29 is 15.1 Å². The second-order valence-corrected chi connectivity index (χ2v) is 6.78. The molecule has 2 aliphatic heterocycles. The van der Waals surface area contributed by atoms with E-state index in [9.17, 15) is 5.11 Å². The third-order valence-electron chi connectivity index (χ3n) is 4.81. The van der Waals surface area contributed by atoms with Crippen LogP contribution in [-0.2, 0) is 0 Å². The average molecular weight is 304 g/mol. The molecule has 5 nitrogen and oxygen atoms in total. The molecule has 1 saturated heterocycles.